The fraction of sp³-hybridized carbons (Fsp3) is 0.389. The Balaban J connectivity index is 1.62. The van der Waals surface area contributed by atoms with Crippen LogP contribution in [-0.4, -0.2) is 44.8 Å². The highest BCUT2D eigenvalue weighted by atomic mass is 32.2. The van der Waals surface area contributed by atoms with Crippen molar-refractivity contribution in [2.45, 2.75) is 43.1 Å². The maximum atomic E-state index is 13.0. The molecule has 1 atom stereocenters. The number of carbonyl (C=O) groups is 3. The monoisotopic (exact) mass is 434 g/mol. The molecule has 2 heterocycles. The zero-order valence-corrected chi connectivity index (χ0v) is 17.9. The molecule has 9 nitrogen and oxygen atoms in total. The Labute approximate surface area is 176 Å². The van der Waals surface area contributed by atoms with E-state index in [1.807, 2.05) is 26.8 Å². The third-order valence-corrected chi connectivity index (χ3v) is 6.26. The van der Waals surface area contributed by atoms with Gasteiger partial charge in [-0.3, -0.25) is 15.0 Å². The van der Waals surface area contributed by atoms with Crippen LogP contribution in [0.4, 0.5) is 9.93 Å². The van der Waals surface area contributed by atoms with Crippen LogP contribution in [0.1, 0.15) is 32.8 Å². The third kappa shape index (κ3) is 4.51. The van der Waals surface area contributed by atoms with Gasteiger partial charge in [0.25, 0.3) is 5.91 Å². The Hall–Kier alpha value is -2.66. The van der Waals surface area contributed by atoms with Gasteiger partial charge in [-0.05, 0) is 25.8 Å². The zero-order valence-electron chi connectivity index (χ0n) is 16.3. The first kappa shape index (κ1) is 21.1. The maximum Gasteiger partial charge on any atom is 0.344 e. The standard InChI is InChI=1S/C18H22N6O3S2/c1-4-18(12-8-6-5-7-9-12)14(26)24(16(27)20-18)23-13(25)10-28-17-22-21-15(29-17)19-11(2)3/h5-9,11H,4,10H2,1-3H3,(H,19,21)(H,20,27)(H,23,25). The minimum absolute atomic E-state index is 0.00215. The number of hydrazine groups is 1. The minimum Gasteiger partial charge on any atom is -0.358 e. The summed E-state index contributed by atoms with van der Waals surface area (Å²) >= 11 is 2.52. The van der Waals surface area contributed by atoms with Crippen molar-refractivity contribution in [3.8, 4) is 0 Å². The van der Waals surface area contributed by atoms with E-state index >= 15 is 0 Å². The highest BCUT2D eigenvalue weighted by Crippen LogP contribution is 2.31. The van der Waals surface area contributed by atoms with Gasteiger partial charge in [-0.1, -0.05) is 60.4 Å². The Kier molecular flexibility index (Phi) is 6.38. The second kappa shape index (κ2) is 8.78. The molecule has 2 aromatic rings. The maximum absolute atomic E-state index is 13.0. The third-order valence-electron chi connectivity index (χ3n) is 4.27. The van der Waals surface area contributed by atoms with Crippen molar-refractivity contribution in [1.29, 1.82) is 0 Å². The number of benzene rings is 1. The van der Waals surface area contributed by atoms with Crippen molar-refractivity contribution in [3.63, 3.8) is 0 Å². The molecule has 0 spiro atoms. The second-order valence-corrected chi connectivity index (χ2v) is 8.89. The Bertz CT molecular complexity index is 904. The molecule has 0 saturated carbocycles. The first-order valence-electron chi connectivity index (χ1n) is 9.10. The molecule has 3 N–H and O–H groups in total. The average Bonchev–Trinajstić information content (AvgIpc) is 3.24. The molecule has 3 rings (SSSR count). The number of hydrogen-bond donors (Lipinski definition) is 3. The van der Waals surface area contributed by atoms with Crippen molar-refractivity contribution in [1.82, 2.24) is 25.9 Å². The van der Waals surface area contributed by atoms with Crippen molar-refractivity contribution >= 4 is 46.1 Å². The molecule has 11 heteroatoms. The largest absolute Gasteiger partial charge is 0.358 e. The van der Waals surface area contributed by atoms with E-state index in [4.69, 9.17) is 0 Å². The molecule has 29 heavy (non-hydrogen) atoms. The molecule has 1 aromatic carbocycles. The fourth-order valence-electron chi connectivity index (χ4n) is 2.90. The van der Waals surface area contributed by atoms with Gasteiger partial charge >= 0.3 is 6.03 Å². The normalized spacial score (nSPS) is 18.8. The molecule has 1 aliphatic heterocycles. The molecule has 1 aromatic heterocycles. The molecule has 0 bridgehead atoms. The number of anilines is 1. The fourth-order valence-corrected chi connectivity index (χ4v) is 4.59. The van der Waals surface area contributed by atoms with Gasteiger partial charge in [-0.25, -0.2) is 4.79 Å². The van der Waals surface area contributed by atoms with E-state index in [2.05, 4.69) is 26.3 Å². The van der Waals surface area contributed by atoms with Gasteiger partial charge in [-0.15, -0.1) is 10.2 Å². The summed E-state index contributed by atoms with van der Waals surface area (Å²) in [6.07, 6.45) is 0.360. The number of aromatic nitrogens is 2. The van der Waals surface area contributed by atoms with E-state index in [1.165, 1.54) is 23.1 Å². The number of amides is 4. The van der Waals surface area contributed by atoms with Crippen molar-refractivity contribution < 1.29 is 14.4 Å². The summed E-state index contributed by atoms with van der Waals surface area (Å²) in [5, 5.41) is 15.3. The van der Waals surface area contributed by atoms with Crippen LogP contribution in [0.3, 0.4) is 0 Å². The molecule has 0 aliphatic carbocycles. The van der Waals surface area contributed by atoms with Crippen molar-refractivity contribution in [2.24, 2.45) is 0 Å². The lowest BCUT2D eigenvalue weighted by Crippen LogP contribution is -2.49. The van der Waals surface area contributed by atoms with Crippen LogP contribution in [0, 0.1) is 0 Å². The van der Waals surface area contributed by atoms with Gasteiger partial charge in [0, 0.05) is 6.04 Å². The average molecular weight is 435 g/mol. The van der Waals surface area contributed by atoms with Gasteiger partial charge in [-0.2, -0.15) is 5.01 Å². The van der Waals surface area contributed by atoms with E-state index in [-0.39, 0.29) is 11.8 Å². The summed E-state index contributed by atoms with van der Waals surface area (Å²) in [4.78, 5) is 37.7. The summed E-state index contributed by atoms with van der Waals surface area (Å²) < 4.78 is 0.618. The summed E-state index contributed by atoms with van der Waals surface area (Å²) in [6.45, 7) is 5.79. The summed E-state index contributed by atoms with van der Waals surface area (Å²) in [5.74, 6) is -0.987. The Morgan fingerprint density at radius 1 is 1.28 bits per heavy atom. The molecule has 0 radical (unpaired) electrons. The number of nitrogens with zero attached hydrogens (tertiary/aromatic N) is 3. The SMILES string of the molecule is CCC1(c2ccccc2)NC(=O)N(NC(=O)CSc2nnc(NC(C)C)s2)C1=O. The lowest BCUT2D eigenvalue weighted by atomic mass is 9.87. The summed E-state index contributed by atoms with van der Waals surface area (Å²) in [7, 11) is 0. The van der Waals surface area contributed by atoms with E-state index in [0.717, 1.165) is 5.01 Å². The van der Waals surface area contributed by atoms with Crippen molar-refractivity contribution in [3.05, 3.63) is 35.9 Å². The van der Waals surface area contributed by atoms with Crippen LogP contribution < -0.4 is 16.1 Å². The number of thioether (sulfide) groups is 1. The number of carbonyl (C=O) groups excluding carboxylic acids is 3. The molecular formula is C18H22N6O3S2. The quantitative estimate of drug-likeness (QED) is 0.431. The van der Waals surface area contributed by atoms with Crippen LogP contribution >= 0.6 is 23.1 Å². The number of imide groups is 1. The molecule has 1 saturated heterocycles. The number of urea groups is 1. The Morgan fingerprint density at radius 3 is 2.66 bits per heavy atom. The van der Waals surface area contributed by atoms with Crippen LogP contribution in [0.25, 0.3) is 0 Å². The lowest BCUT2D eigenvalue weighted by Gasteiger charge is -2.25. The summed E-state index contributed by atoms with van der Waals surface area (Å²) in [5.41, 5.74) is 1.89. The highest BCUT2D eigenvalue weighted by Gasteiger charge is 2.52. The van der Waals surface area contributed by atoms with Crippen LogP contribution in [0.2, 0.25) is 0 Å². The van der Waals surface area contributed by atoms with Crippen LogP contribution in [0.5, 0.6) is 0 Å². The van der Waals surface area contributed by atoms with Gasteiger partial charge < -0.3 is 10.6 Å². The van der Waals surface area contributed by atoms with Crippen LogP contribution in [0.15, 0.2) is 34.7 Å². The van der Waals surface area contributed by atoms with Gasteiger partial charge in [0.1, 0.15) is 5.54 Å². The molecule has 4 amide bonds. The predicted molar refractivity (Wildman–Crippen MR) is 111 cm³/mol. The number of rotatable bonds is 8. The van der Waals surface area contributed by atoms with Crippen LogP contribution in [-0.2, 0) is 15.1 Å². The zero-order chi connectivity index (χ0) is 21.0. The lowest BCUT2D eigenvalue weighted by molar-refractivity contribution is -0.138. The number of nitrogens with one attached hydrogen (secondary N) is 3. The second-order valence-electron chi connectivity index (χ2n) is 6.69. The molecule has 1 unspecified atom stereocenters. The smallest absolute Gasteiger partial charge is 0.344 e. The first-order chi connectivity index (χ1) is 13.9. The van der Waals surface area contributed by atoms with E-state index < -0.39 is 23.4 Å². The number of hydrogen-bond acceptors (Lipinski definition) is 8. The van der Waals surface area contributed by atoms with Crippen molar-refractivity contribution in [2.75, 3.05) is 11.1 Å². The van der Waals surface area contributed by atoms with E-state index in [1.54, 1.807) is 24.3 Å². The predicted octanol–water partition coefficient (Wildman–Crippen LogP) is 2.34. The molecular weight excluding hydrogens is 412 g/mol. The van der Waals surface area contributed by atoms with E-state index in [0.29, 0.717) is 21.5 Å². The highest BCUT2D eigenvalue weighted by molar-refractivity contribution is 8.01. The summed E-state index contributed by atoms with van der Waals surface area (Å²) in [6, 6.07) is 8.57. The molecule has 1 aliphatic rings. The first-order valence-corrected chi connectivity index (χ1v) is 10.9. The van der Waals surface area contributed by atoms with Gasteiger partial charge in [0.2, 0.25) is 11.0 Å². The Morgan fingerprint density at radius 2 is 2.00 bits per heavy atom. The van der Waals surface area contributed by atoms with E-state index in [9.17, 15) is 14.4 Å². The van der Waals surface area contributed by atoms with Gasteiger partial charge in [0.05, 0.1) is 5.75 Å². The van der Waals surface area contributed by atoms with Gasteiger partial charge in [0.15, 0.2) is 4.34 Å². The molecule has 154 valence electrons. The minimum atomic E-state index is -1.19. The molecule has 1 fully saturated rings. The topological polar surface area (TPSA) is 116 Å².